The summed E-state index contributed by atoms with van der Waals surface area (Å²) < 4.78 is 60.0. The van der Waals surface area contributed by atoms with Crippen LogP contribution in [0.25, 0.3) is 0 Å². The smallest absolute Gasteiger partial charge is 0.387 e. The molecule has 1 aliphatic rings. The van der Waals surface area contributed by atoms with Gasteiger partial charge in [-0.1, -0.05) is 6.07 Å². The van der Waals surface area contributed by atoms with Crippen molar-refractivity contribution >= 4 is 21.6 Å². The predicted octanol–water partition coefficient (Wildman–Crippen LogP) is 3.28. The minimum Gasteiger partial charge on any atom is -0.493 e. The number of methoxy groups -OCH3 is 1. The number of carbonyl (C=O) groups is 1. The van der Waals surface area contributed by atoms with Crippen molar-refractivity contribution in [2.24, 2.45) is 0 Å². The fourth-order valence-corrected chi connectivity index (χ4v) is 5.07. The van der Waals surface area contributed by atoms with Gasteiger partial charge < -0.3 is 14.4 Å². The van der Waals surface area contributed by atoms with Gasteiger partial charge in [-0.25, -0.2) is 8.42 Å². The van der Waals surface area contributed by atoms with Crippen LogP contribution in [0.5, 0.6) is 11.5 Å². The third-order valence-electron chi connectivity index (χ3n) is 5.05. The van der Waals surface area contributed by atoms with Crippen molar-refractivity contribution in [3.63, 3.8) is 0 Å². The highest BCUT2D eigenvalue weighted by atomic mass is 32.2. The molecule has 0 spiro atoms. The van der Waals surface area contributed by atoms with E-state index < -0.39 is 16.6 Å². The van der Waals surface area contributed by atoms with E-state index in [0.29, 0.717) is 23.2 Å². The van der Waals surface area contributed by atoms with Crippen molar-refractivity contribution in [3.05, 3.63) is 53.1 Å². The molecule has 0 radical (unpaired) electrons. The van der Waals surface area contributed by atoms with Gasteiger partial charge in [0.2, 0.25) is 10.0 Å². The number of anilines is 1. The first kappa shape index (κ1) is 22.8. The zero-order valence-electron chi connectivity index (χ0n) is 17.6. The molecule has 168 valence electrons. The summed E-state index contributed by atoms with van der Waals surface area (Å²) in [6.07, 6.45) is 1.69. The van der Waals surface area contributed by atoms with Crippen LogP contribution in [0.3, 0.4) is 0 Å². The van der Waals surface area contributed by atoms with Crippen LogP contribution in [0.1, 0.15) is 28.4 Å². The first-order valence-electron chi connectivity index (χ1n) is 9.50. The number of carbonyl (C=O) groups excluding carboxylic acids is 1. The summed E-state index contributed by atoms with van der Waals surface area (Å²) in [7, 11) is -0.437. The van der Waals surface area contributed by atoms with E-state index >= 15 is 0 Å². The number of nitrogens with zero attached hydrogens (tertiary/aromatic N) is 2. The van der Waals surface area contributed by atoms with Gasteiger partial charge in [0, 0.05) is 25.2 Å². The lowest BCUT2D eigenvalue weighted by molar-refractivity contribution is -0.0512. The largest absolute Gasteiger partial charge is 0.493 e. The van der Waals surface area contributed by atoms with Gasteiger partial charge in [0.1, 0.15) is 0 Å². The number of sulfonamides is 1. The van der Waals surface area contributed by atoms with Crippen LogP contribution in [0.15, 0.2) is 36.4 Å². The monoisotopic (exact) mass is 454 g/mol. The maximum absolute atomic E-state index is 12.9. The fraction of sp³-hybridized carbons (Fsp3) is 0.381. The Kier molecular flexibility index (Phi) is 6.40. The second kappa shape index (κ2) is 8.70. The summed E-state index contributed by atoms with van der Waals surface area (Å²) in [5, 5.41) is 0. The summed E-state index contributed by atoms with van der Waals surface area (Å²) >= 11 is 0. The van der Waals surface area contributed by atoms with E-state index in [1.165, 1.54) is 28.4 Å². The minimum absolute atomic E-state index is 0.0848. The molecule has 2 aromatic carbocycles. The maximum Gasteiger partial charge on any atom is 0.387 e. The summed E-state index contributed by atoms with van der Waals surface area (Å²) in [6, 6.07) is 9.25. The second-order valence-electron chi connectivity index (χ2n) is 7.48. The number of halogens is 2. The van der Waals surface area contributed by atoms with Crippen LogP contribution in [0.2, 0.25) is 0 Å². The molecule has 1 unspecified atom stereocenters. The lowest BCUT2D eigenvalue weighted by atomic mass is 10.1. The number of benzene rings is 2. The molecule has 0 bridgehead atoms. The minimum atomic E-state index is -3.40. The molecule has 0 aliphatic carbocycles. The molecule has 0 aromatic heterocycles. The Labute approximate surface area is 180 Å². The van der Waals surface area contributed by atoms with Crippen molar-refractivity contribution in [2.45, 2.75) is 32.5 Å². The number of ether oxygens (including phenoxy) is 2. The van der Waals surface area contributed by atoms with Crippen molar-refractivity contribution in [1.29, 1.82) is 0 Å². The van der Waals surface area contributed by atoms with Gasteiger partial charge in [-0.05, 0) is 54.8 Å². The Balaban J connectivity index is 1.78. The fourth-order valence-electron chi connectivity index (χ4n) is 3.81. The molecule has 0 N–H and O–H groups in total. The van der Waals surface area contributed by atoms with Gasteiger partial charge in [0.25, 0.3) is 5.91 Å². The highest BCUT2D eigenvalue weighted by Crippen LogP contribution is 2.35. The molecule has 31 heavy (non-hydrogen) atoms. The van der Waals surface area contributed by atoms with E-state index in [1.807, 2.05) is 6.92 Å². The van der Waals surface area contributed by atoms with E-state index in [4.69, 9.17) is 4.74 Å². The lowest BCUT2D eigenvalue weighted by Gasteiger charge is -2.22. The molecule has 1 amide bonds. The number of amides is 1. The topological polar surface area (TPSA) is 76.2 Å². The lowest BCUT2D eigenvalue weighted by Crippen LogP contribution is -2.34. The average molecular weight is 454 g/mol. The van der Waals surface area contributed by atoms with Crippen LogP contribution < -0.4 is 13.8 Å². The van der Waals surface area contributed by atoms with Crippen LogP contribution in [0, 0.1) is 0 Å². The van der Waals surface area contributed by atoms with Crippen LogP contribution in [0.4, 0.5) is 14.5 Å². The quantitative estimate of drug-likeness (QED) is 0.642. The summed E-state index contributed by atoms with van der Waals surface area (Å²) in [5.74, 6) is -0.190. The molecule has 1 heterocycles. The molecule has 2 aromatic rings. The molecule has 0 saturated heterocycles. The molecule has 7 nitrogen and oxygen atoms in total. The van der Waals surface area contributed by atoms with Crippen LogP contribution in [-0.4, -0.2) is 52.3 Å². The molecular weight excluding hydrogens is 430 g/mol. The molecule has 0 fully saturated rings. The van der Waals surface area contributed by atoms with Crippen LogP contribution in [-0.2, 0) is 23.0 Å². The van der Waals surface area contributed by atoms with E-state index in [2.05, 4.69) is 4.74 Å². The SMILES string of the molecule is COc1cc(CN(C)C(=O)c2ccc3c(c2)CC(C)N3S(C)(=O)=O)ccc1OC(F)F. The third-order valence-corrected chi connectivity index (χ3v) is 6.32. The molecule has 0 saturated carbocycles. The Morgan fingerprint density at radius 2 is 1.94 bits per heavy atom. The Morgan fingerprint density at radius 3 is 2.55 bits per heavy atom. The van der Waals surface area contributed by atoms with Crippen LogP contribution >= 0.6 is 0 Å². The Morgan fingerprint density at radius 1 is 1.23 bits per heavy atom. The zero-order valence-corrected chi connectivity index (χ0v) is 18.4. The van der Waals surface area contributed by atoms with Crippen molar-refractivity contribution in [1.82, 2.24) is 4.90 Å². The Hall–Kier alpha value is -2.88. The number of rotatable bonds is 7. The molecule has 1 atom stereocenters. The standard InChI is InChI=1S/C21H24F2N2O5S/c1-13-9-16-11-15(6-7-17(16)25(13)31(4,27)28)20(26)24(2)12-14-5-8-18(30-21(22)23)19(10-14)29-3/h5-8,10-11,13,21H,9,12H2,1-4H3. The average Bonchev–Trinajstić information content (AvgIpc) is 3.03. The van der Waals surface area contributed by atoms with Crippen molar-refractivity contribution < 1.29 is 31.5 Å². The molecule has 3 rings (SSSR count). The summed E-state index contributed by atoms with van der Waals surface area (Å²) in [6.45, 7) is -0.929. The maximum atomic E-state index is 12.9. The normalized spacial score (nSPS) is 15.7. The van der Waals surface area contributed by atoms with Gasteiger partial charge in [-0.2, -0.15) is 8.78 Å². The molecule has 1 aliphatic heterocycles. The van der Waals surface area contributed by atoms with Gasteiger partial charge in [-0.3, -0.25) is 9.10 Å². The van der Waals surface area contributed by atoms with Gasteiger partial charge in [0.15, 0.2) is 11.5 Å². The summed E-state index contributed by atoms with van der Waals surface area (Å²) in [5.41, 5.74) is 2.50. The number of hydrogen-bond acceptors (Lipinski definition) is 5. The zero-order chi connectivity index (χ0) is 22.9. The number of fused-ring (bicyclic) bond motifs is 1. The van der Waals surface area contributed by atoms with Crippen molar-refractivity contribution in [2.75, 3.05) is 24.7 Å². The highest BCUT2D eigenvalue weighted by molar-refractivity contribution is 7.92. The predicted molar refractivity (Wildman–Crippen MR) is 112 cm³/mol. The third kappa shape index (κ3) is 4.90. The van der Waals surface area contributed by atoms with Gasteiger partial charge >= 0.3 is 6.61 Å². The number of hydrogen-bond donors (Lipinski definition) is 0. The number of alkyl halides is 2. The molecule has 10 heteroatoms. The van der Waals surface area contributed by atoms with E-state index in [9.17, 15) is 22.0 Å². The Bertz CT molecular complexity index is 1090. The first-order valence-corrected chi connectivity index (χ1v) is 11.4. The van der Waals surface area contributed by atoms with E-state index in [1.54, 1.807) is 31.3 Å². The first-order chi connectivity index (χ1) is 14.5. The summed E-state index contributed by atoms with van der Waals surface area (Å²) in [4.78, 5) is 14.4. The van der Waals surface area contributed by atoms with E-state index in [0.717, 1.165) is 11.8 Å². The van der Waals surface area contributed by atoms with E-state index in [-0.39, 0.29) is 30.0 Å². The van der Waals surface area contributed by atoms with Crippen molar-refractivity contribution in [3.8, 4) is 11.5 Å². The highest BCUT2D eigenvalue weighted by Gasteiger charge is 2.33. The second-order valence-corrected chi connectivity index (χ2v) is 9.34. The van der Waals surface area contributed by atoms with Gasteiger partial charge in [-0.15, -0.1) is 0 Å². The molecular formula is C21H24F2N2O5S. The van der Waals surface area contributed by atoms with Gasteiger partial charge in [0.05, 0.1) is 19.1 Å².